The van der Waals surface area contributed by atoms with Crippen LogP contribution in [0.15, 0.2) is 29.5 Å². The summed E-state index contributed by atoms with van der Waals surface area (Å²) in [5.41, 5.74) is 4.55. The van der Waals surface area contributed by atoms with E-state index in [0.29, 0.717) is 0 Å². The molecule has 1 aliphatic rings. The second-order valence-electron chi connectivity index (χ2n) is 6.31. The SMILES string of the molecule is COc1ccc(C=NNC(=O)c2nn(C)cc2Cl)cc1C[NH+]1CCOCC1. The Labute approximate surface area is 162 Å². The molecule has 1 aromatic carbocycles. The Morgan fingerprint density at radius 3 is 2.93 bits per heavy atom. The van der Waals surface area contributed by atoms with E-state index >= 15 is 0 Å². The first-order valence-corrected chi connectivity index (χ1v) is 9.05. The molecule has 9 heteroatoms. The van der Waals surface area contributed by atoms with E-state index in [4.69, 9.17) is 21.1 Å². The van der Waals surface area contributed by atoms with Crippen LogP contribution in [0.2, 0.25) is 5.02 Å². The van der Waals surface area contributed by atoms with Crippen LogP contribution in [0.1, 0.15) is 21.6 Å². The number of hydrazone groups is 1. The van der Waals surface area contributed by atoms with E-state index < -0.39 is 5.91 Å². The molecule has 1 aromatic heterocycles. The van der Waals surface area contributed by atoms with E-state index in [1.165, 1.54) is 9.58 Å². The van der Waals surface area contributed by atoms with Crippen molar-refractivity contribution in [1.29, 1.82) is 0 Å². The Morgan fingerprint density at radius 2 is 2.26 bits per heavy atom. The van der Waals surface area contributed by atoms with Crippen molar-refractivity contribution in [2.75, 3.05) is 33.4 Å². The standard InChI is InChI=1S/C18H22ClN5O3/c1-23-12-15(19)17(22-23)18(25)21-20-10-13-3-4-16(26-2)14(9-13)11-24-5-7-27-8-6-24/h3-4,9-10,12H,5-8,11H2,1-2H3,(H,21,25)/p+1. The third-order valence-corrected chi connectivity index (χ3v) is 4.60. The number of nitrogens with zero attached hydrogens (tertiary/aromatic N) is 3. The molecule has 3 rings (SSSR count). The Bertz CT molecular complexity index is 830. The van der Waals surface area contributed by atoms with Gasteiger partial charge >= 0.3 is 0 Å². The molecule has 0 aliphatic carbocycles. The first-order chi connectivity index (χ1) is 13.1. The molecule has 0 radical (unpaired) electrons. The van der Waals surface area contributed by atoms with E-state index in [9.17, 15) is 4.79 Å². The zero-order valence-corrected chi connectivity index (χ0v) is 16.1. The number of ether oxygens (including phenoxy) is 2. The zero-order valence-electron chi connectivity index (χ0n) is 15.4. The summed E-state index contributed by atoms with van der Waals surface area (Å²) in [5, 5.41) is 8.30. The number of aryl methyl sites for hydroxylation is 1. The van der Waals surface area contributed by atoms with E-state index in [2.05, 4.69) is 15.6 Å². The van der Waals surface area contributed by atoms with Crippen molar-refractivity contribution in [2.24, 2.45) is 12.1 Å². The second-order valence-corrected chi connectivity index (χ2v) is 6.72. The summed E-state index contributed by atoms with van der Waals surface area (Å²) in [6.45, 7) is 4.36. The van der Waals surface area contributed by atoms with Gasteiger partial charge in [0, 0.05) is 18.8 Å². The van der Waals surface area contributed by atoms with Crippen molar-refractivity contribution in [3.63, 3.8) is 0 Å². The average molecular weight is 393 g/mol. The third kappa shape index (κ3) is 5.06. The predicted molar refractivity (Wildman–Crippen MR) is 101 cm³/mol. The van der Waals surface area contributed by atoms with Crippen LogP contribution in [0.25, 0.3) is 0 Å². The summed E-state index contributed by atoms with van der Waals surface area (Å²) in [6, 6.07) is 5.82. The lowest BCUT2D eigenvalue weighted by Gasteiger charge is -2.24. The summed E-state index contributed by atoms with van der Waals surface area (Å²) < 4.78 is 12.4. The Balaban J connectivity index is 1.67. The molecule has 0 atom stereocenters. The Kier molecular flexibility index (Phi) is 6.44. The number of quaternary nitrogens is 1. The lowest BCUT2D eigenvalue weighted by Crippen LogP contribution is -3.12. The van der Waals surface area contributed by atoms with Gasteiger partial charge in [-0.15, -0.1) is 0 Å². The maximum Gasteiger partial charge on any atom is 0.293 e. The fraction of sp³-hybridized carbons (Fsp3) is 0.389. The number of methoxy groups -OCH3 is 1. The van der Waals surface area contributed by atoms with Gasteiger partial charge in [-0.1, -0.05) is 11.6 Å². The molecule has 0 spiro atoms. The molecular weight excluding hydrogens is 370 g/mol. The number of rotatable bonds is 6. The predicted octanol–water partition coefficient (Wildman–Crippen LogP) is 0.261. The van der Waals surface area contributed by atoms with E-state index in [0.717, 1.165) is 49.7 Å². The molecule has 1 fully saturated rings. The summed E-state index contributed by atoms with van der Waals surface area (Å²) >= 11 is 5.96. The van der Waals surface area contributed by atoms with Gasteiger partial charge in [0.2, 0.25) is 0 Å². The van der Waals surface area contributed by atoms with E-state index in [1.807, 2.05) is 18.2 Å². The normalized spacial score (nSPS) is 15.2. The lowest BCUT2D eigenvalue weighted by molar-refractivity contribution is -0.921. The van der Waals surface area contributed by atoms with Crippen LogP contribution in [0.4, 0.5) is 0 Å². The van der Waals surface area contributed by atoms with Crippen LogP contribution in [0.3, 0.4) is 0 Å². The quantitative estimate of drug-likeness (QED) is 0.546. The number of hydrogen-bond donors (Lipinski definition) is 2. The Morgan fingerprint density at radius 1 is 1.48 bits per heavy atom. The highest BCUT2D eigenvalue weighted by Crippen LogP contribution is 2.18. The van der Waals surface area contributed by atoms with Crippen molar-refractivity contribution in [3.8, 4) is 5.75 Å². The molecule has 27 heavy (non-hydrogen) atoms. The topological polar surface area (TPSA) is 82.2 Å². The van der Waals surface area contributed by atoms with Gasteiger partial charge < -0.3 is 14.4 Å². The van der Waals surface area contributed by atoms with Gasteiger partial charge in [-0.3, -0.25) is 9.48 Å². The van der Waals surface area contributed by atoms with Gasteiger partial charge in [0.1, 0.15) is 25.4 Å². The monoisotopic (exact) mass is 392 g/mol. The molecule has 2 heterocycles. The third-order valence-electron chi connectivity index (χ3n) is 4.32. The van der Waals surface area contributed by atoms with Gasteiger partial charge in [0.05, 0.1) is 31.6 Å². The Hall–Kier alpha value is -2.42. The highest BCUT2D eigenvalue weighted by molar-refractivity contribution is 6.33. The van der Waals surface area contributed by atoms with Gasteiger partial charge in [-0.25, -0.2) is 5.43 Å². The molecule has 2 aromatic rings. The minimum Gasteiger partial charge on any atom is -0.496 e. The maximum atomic E-state index is 12.1. The van der Waals surface area contributed by atoms with Crippen LogP contribution in [-0.2, 0) is 18.3 Å². The fourth-order valence-electron chi connectivity index (χ4n) is 2.95. The zero-order chi connectivity index (χ0) is 19.2. The van der Waals surface area contributed by atoms with Gasteiger partial charge in [-0.2, -0.15) is 10.2 Å². The minimum atomic E-state index is -0.455. The molecule has 0 unspecified atom stereocenters. The number of amides is 1. The molecule has 1 amide bonds. The fourth-order valence-corrected chi connectivity index (χ4v) is 3.22. The molecule has 1 saturated heterocycles. The molecule has 2 N–H and O–H groups in total. The number of halogens is 1. The number of aromatic nitrogens is 2. The highest BCUT2D eigenvalue weighted by Gasteiger charge is 2.17. The van der Waals surface area contributed by atoms with Crippen molar-refractivity contribution >= 4 is 23.7 Å². The summed E-state index contributed by atoms with van der Waals surface area (Å²) in [6.07, 6.45) is 3.15. The van der Waals surface area contributed by atoms with Gasteiger partial charge in [0.25, 0.3) is 5.91 Å². The van der Waals surface area contributed by atoms with Crippen LogP contribution in [0, 0.1) is 0 Å². The molecule has 0 bridgehead atoms. The van der Waals surface area contributed by atoms with Gasteiger partial charge in [-0.05, 0) is 23.8 Å². The first-order valence-electron chi connectivity index (χ1n) is 8.67. The highest BCUT2D eigenvalue weighted by atomic mass is 35.5. The number of hydrogen-bond acceptors (Lipinski definition) is 5. The van der Waals surface area contributed by atoms with Crippen LogP contribution < -0.4 is 15.1 Å². The smallest absolute Gasteiger partial charge is 0.293 e. The minimum absolute atomic E-state index is 0.141. The maximum absolute atomic E-state index is 12.1. The molecule has 1 aliphatic heterocycles. The van der Waals surface area contributed by atoms with E-state index in [1.54, 1.807) is 26.6 Å². The van der Waals surface area contributed by atoms with Crippen LogP contribution >= 0.6 is 11.6 Å². The number of nitrogens with one attached hydrogen (secondary N) is 2. The van der Waals surface area contributed by atoms with Crippen molar-refractivity contribution < 1.29 is 19.2 Å². The van der Waals surface area contributed by atoms with Crippen LogP contribution in [0.5, 0.6) is 5.75 Å². The average Bonchev–Trinajstić information content (AvgIpc) is 3.01. The lowest BCUT2D eigenvalue weighted by atomic mass is 10.1. The van der Waals surface area contributed by atoms with E-state index in [-0.39, 0.29) is 10.7 Å². The molecule has 8 nitrogen and oxygen atoms in total. The molecule has 144 valence electrons. The number of carbonyl (C=O) groups excluding carboxylic acids is 1. The molecular formula is C18H23ClN5O3+. The second kappa shape index (κ2) is 8.98. The molecule has 0 saturated carbocycles. The largest absolute Gasteiger partial charge is 0.496 e. The van der Waals surface area contributed by atoms with Crippen molar-refractivity contribution in [3.05, 3.63) is 46.2 Å². The summed E-state index contributed by atoms with van der Waals surface area (Å²) in [4.78, 5) is 13.5. The summed E-state index contributed by atoms with van der Waals surface area (Å²) in [5.74, 6) is 0.388. The first kappa shape index (κ1) is 19.3. The summed E-state index contributed by atoms with van der Waals surface area (Å²) in [7, 11) is 3.36. The van der Waals surface area contributed by atoms with Crippen molar-refractivity contribution in [1.82, 2.24) is 15.2 Å². The van der Waals surface area contributed by atoms with Crippen molar-refractivity contribution in [2.45, 2.75) is 6.54 Å². The van der Waals surface area contributed by atoms with Gasteiger partial charge in [0.15, 0.2) is 5.69 Å². The van der Waals surface area contributed by atoms with Crippen LogP contribution in [-0.4, -0.2) is 55.3 Å². The number of morpholine rings is 1. The number of benzene rings is 1. The number of carbonyl (C=O) groups is 1.